The highest BCUT2D eigenvalue weighted by molar-refractivity contribution is 6.17. The lowest BCUT2D eigenvalue weighted by atomic mass is 9.96. The van der Waals surface area contributed by atoms with Gasteiger partial charge in [-0.3, -0.25) is 19.2 Å². The van der Waals surface area contributed by atoms with E-state index in [2.05, 4.69) is 5.32 Å². The fourth-order valence-corrected chi connectivity index (χ4v) is 2.68. The topological polar surface area (TPSA) is 126 Å². The van der Waals surface area contributed by atoms with Gasteiger partial charge in [-0.25, -0.2) is 0 Å². The number of nitrogens with one attached hydrogen (secondary N) is 1. The Morgan fingerprint density at radius 3 is 2.04 bits per heavy atom. The molecule has 1 rings (SSSR count). The predicted octanol–water partition coefficient (Wildman–Crippen LogP) is -0.102. The van der Waals surface area contributed by atoms with E-state index in [0.717, 1.165) is 6.92 Å². The van der Waals surface area contributed by atoms with Crippen LogP contribution in [0, 0.1) is 0 Å². The molecule has 1 amide bonds. The molecule has 1 N–H and O–H groups in total. The zero-order valence-electron chi connectivity index (χ0n) is 15.6. The molecule has 0 saturated carbocycles. The summed E-state index contributed by atoms with van der Waals surface area (Å²) in [6, 6.07) is -0.979. The van der Waals surface area contributed by atoms with E-state index >= 15 is 0 Å². The monoisotopic (exact) mass is 409 g/mol. The second-order valence-electron chi connectivity index (χ2n) is 5.78. The van der Waals surface area contributed by atoms with Crippen LogP contribution in [0.5, 0.6) is 0 Å². The summed E-state index contributed by atoms with van der Waals surface area (Å²) in [6.07, 6.45) is -4.35. The van der Waals surface area contributed by atoms with Gasteiger partial charge in [0.1, 0.15) is 18.8 Å². The van der Waals surface area contributed by atoms with Crippen LogP contribution in [0.2, 0.25) is 0 Å². The van der Waals surface area contributed by atoms with Crippen molar-refractivity contribution in [2.75, 3.05) is 19.1 Å². The summed E-state index contributed by atoms with van der Waals surface area (Å²) in [5.74, 6) is -2.22. The largest absolute Gasteiger partial charge is 0.463 e. The van der Waals surface area contributed by atoms with E-state index in [-0.39, 0.29) is 19.1 Å². The third-order valence-corrected chi connectivity index (χ3v) is 3.58. The molecular formula is C16H24ClNO9. The van der Waals surface area contributed by atoms with Crippen molar-refractivity contribution in [3.05, 3.63) is 0 Å². The van der Waals surface area contributed by atoms with Crippen LogP contribution in [0.4, 0.5) is 0 Å². The van der Waals surface area contributed by atoms with Crippen LogP contribution in [0.1, 0.15) is 27.7 Å². The summed E-state index contributed by atoms with van der Waals surface area (Å²) in [5.41, 5.74) is 0. The Bertz CT molecular complexity index is 556. The van der Waals surface area contributed by atoms with Crippen molar-refractivity contribution in [3.63, 3.8) is 0 Å². The number of carbonyl (C=O) groups is 4. The summed E-state index contributed by atoms with van der Waals surface area (Å²) >= 11 is 5.64. The average Bonchev–Trinajstić information content (AvgIpc) is 2.54. The first-order valence-electron chi connectivity index (χ1n) is 8.23. The minimum Gasteiger partial charge on any atom is -0.463 e. The number of halogens is 1. The van der Waals surface area contributed by atoms with Gasteiger partial charge in [0.15, 0.2) is 18.5 Å². The molecule has 1 aliphatic heterocycles. The number of hydrogen-bond donors (Lipinski definition) is 1. The molecule has 1 aliphatic rings. The Labute approximate surface area is 161 Å². The molecule has 0 spiro atoms. The van der Waals surface area contributed by atoms with E-state index in [1.165, 1.54) is 20.8 Å². The van der Waals surface area contributed by atoms with Gasteiger partial charge >= 0.3 is 17.9 Å². The van der Waals surface area contributed by atoms with Crippen molar-refractivity contribution < 1.29 is 42.9 Å². The van der Waals surface area contributed by atoms with Crippen molar-refractivity contribution >= 4 is 35.4 Å². The van der Waals surface area contributed by atoms with Gasteiger partial charge in [0.25, 0.3) is 0 Å². The lowest BCUT2D eigenvalue weighted by Crippen LogP contribution is -2.66. The summed E-state index contributed by atoms with van der Waals surface area (Å²) in [6.45, 7) is 4.59. The molecule has 154 valence electrons. The van der Waals surface area contributed by atoms with Gasteiger partial charge in [0.05, 0.1) is 6.61 Å². The average molecular weight is 410 g/mol. The third-order valence-electron chi connectivity index (χ3n) is 3.43. The number of esters is 3. The van der Waals surface area contributed by atoms with Crippen LogP contribution in [0.25, 0.3) is 0 Å². The van der Waals surface area contributed by atoms with E-state index in [1.54, 1.807) is 0 Å². The molecule has 0 aromatic heterocycles. The van der Waals surface area contributed by atoms with Crippen molar-refractivity contribution in [3.8, 4) is 0 Å². The molecule has 0 aliphatic carbocycles. The second-order valence-corrected chi connectivity index (χ2v) is 6.16. The maximum absolute atomic E-state index is 11.6. The zero-order chi connectivity index (χ0) is 20.6. The zero-order valence-corrected chi connectivity index (χ0v) is 16.3. The van der Waals surface area contributed by atoms with Crippen LogP contribution in [-0.4, -0.2) is 73.6 Å². The van der Waals surface area contributed by atoms with Gasteiger partial charge in [-0.15, -0.1) is 11.6 Å². The molecule has 1 heterocycles. The fraction of sp³-hybridized carbons (Fsp3) is 0.750. The summed E-state index contributed by atoms with van der Waals surface area (Å²) in [5, 5.41) is 2.58. The first-order chi connectivity index (χ1) is 12.6. The molecule has 1 fully saturated rings. The van der Waals surface area contributed by atoms with Crippen molar-refractivity contribution in [1.29, 1.82) is 0 Å². The van der Waals surface area contributed by atoms with Crippen LogP contribution < -0.4 is 5.32 Å². The van der Waals surface area contributed by atoms with Gasteiger partial charge < -0.3 is 29.0 Å². The molecule has 11 heteroatoms. The molecule has 0 aromatic carbocycles. The smallest absolute Gasteiger partial charge is 0.303 e. The Hall–Kier alpha value is -1.91. The minimum atomic E-state index is -1.14. The molecule has 10 nitrogen and oxygen atoms in total. The molecule has 27 heavy (non-hydrogen) atoms. The Morgan fingerprint density at radius 1 is 0.963 bits per heavy atom. The summed E-state index contributed by atoms with van der Waals surface area (Å²) < 4.78 is 26.7. The van der Waals surface area contributed by atoms with Gasteiger partial charge in [-0.1, -0.05) is 0 Å². The van der Waals surface area contributed by atoms with Crippen LogP contribution >= 0.6 is 11.6 Å². The standard InChI is InChI=1S/C16H24ClNO9/c1-8(19)18-13-15(26-11(4)22)14(25-10(3)21)12(7-24-9(2)20)27-16(13)23-6-5-17/h12-16H,5-7H2,1-4H3,(H,18,19)/t12-,13-,14+,15-,16-/m1/s1. The molecule has 0 radical (unpaired) electrons. The van der Waals surface area contributed by atoms with Crippen LogP contribution in [0.15, 0.2) is 0 Å². The number of carbonyl (C=O) groups excluding carboxylic acids is 4. The van der Waals surface area contributed by atoms with E-state index in [0.29, 0.717) is 0 Å². The number of hydrogen-bond acceptors (Lipinski definition) is 9. The summed E-state index contributed by atoms with van der Waals surface area (Å²) in [7, 11) is 0. The molecule has 1 saturated heterocycles. The number of rotatable bonds is 8. The SMILES string of the molecule is CC(=O)N[C@H]1[C@H](OCCCl)O[C@H](COC(C)=O)[C@H](OC(C)=O)[C@@H]1OC(C)=O. The van der Waals surface area contributed by atoms with Crippen LogP contribution in [0.3, 0.4) is 0 Å². The molecule has 0 bridgehead atoms. The predicted molar refractivity (Wildman–Crippen MR) is 90.7 cm³/mol. The normalized spacial score (nSPS) is 27.4. The van der Waals surface area contributed by atoms with Gasteiger partial charge in [0, 0.05) is 33.6 Å². The number of amides is 1. The number of alkyl halides is 1. The molecule has 0 unspecified atom stereocenters. The van der Waals surface area contributed by atoms with E-state index in [4.69, 9.17) is 35.3 Å². The lowest BCUT2D eigenvalue weighted by Gasteiger charge is -2.44. The van der Waals surface area contributed by atoms with Crippen molar-refractivity contribution in [1.82, 2.24) is 5.32 Å². The lowest BCUT2D eigenvalue weighted by molar-refractivity contribution is -0.276. The Morgan fingerprint density at radius 2 is 1.56 bits per heavy atom. The minimum absolute atomic E-state index is 0.0770. The quantitative estimate of drug-likeness (QED) is 0.332. The van der Waals surface area contributed by atoms with Crippen LogP contribution in [-0.2, 0) is 42.9 Å². The molecule has 5 atom stereocenters. The van der Waals surface area contributed by atoms with Gasteiger partial charge in [-0.05, 0) is 0 Å². The van der Waals surface area contributed by atoms with E-state index in [9.17, 15) is 19.2 Å². The van der Waals surface area contributed by atoms with Crippen molar-refractivity contribution in [2.45, 2.75) is 58.3 Å². The maximum Gasteiger partial charge on any atom is 0.303 e. The van der Waals surface area contributed by atoms with Gasteiger partial charge in [-0.2, -0.15) is 0 Å². The molecular weight excluding hydrogens is 386 g/mol. The molecule has 0 aromatic rings. The first-order valence-corrected chi connectivity index (χ1v) is 8.77. The second kappa shape index (κ2) is 11.1. The van der Waals surface area contributed by atoms with Crippen molar-refractivity contribution in [2.24, 2.45) is 0 Å². The van der Waals surface area contributed by atoms with E-state index in [1.807, 2.05) is 0 Å². The number of ether oxygens (including phenoxy) is 5. The highest BCUT2D eigenvalue weighted by Gasteiger charge is 2.51. The third kappa shape index (κ3) is 7.69. The first kappa shape index (κ1) is 23.1. The Balaban J connectivity index is 3.22. The Kier molecular flexibility index (Phi) is 9.47. The summed E-state index contributed by atoms with van der Waals surface area (Å²) in [4.78, 5) is 45.9. The van der Waals surface area contributed by atoms with Gasteiger partial charge in [0.2, 0.25) is 5.91 Å². The highest BCUT2D eigenvalue weighted by atomic mass is 35.5. The maximum atomic E-state index is 11.6. The van der Waals surface area contributed by atoms with E-state index < -0.39 is 54.5 Å². The fourth-order valence-electron chi connectivity index (χ4n) is 2.59. The highest BCUT2D eigenvalue weighted by Crippen LogP contribution is 2.28.